The Kier molecular flexibility index (Phi) is 4.21. The van der Waals surface area contributed by atoms with Crippen LogP contribution >= 0.6 is 0 Å². The maximum absolute atomic E-state index is 12.0. The van der Waals surface area contributed by atoms with E-state index in [1.54, 1.807) is 11.1 Å². The molecule has 2 aliphatic heterocycles. The van der Waals surface area contributed by atoms with Gasteiger partial charge in [0.25, 0.3) is 0 Å². The molecule has 2 aliphatic rings. The van der Waals surface area contributed by atoms with Crippen molar-refractivity contribution in [2.24, 2.45) is 16.6 Å². The van der Waals surface area contributed by atoms with Gasteiger partial charge in [-0.2, -0.15) is 0 Å². The van der Waals surface area contributed by atoms with Crippen molar-refractivity contribution in [3.8, 4) is 0 Å². The van der Waals surface area contributed by atoms with Crippen LogP contribution in [-0.4, -0.2) is 35.5 Å². The molecule has 1 amide bonds. The summed E-state index contributed by atoms with van der Waals surface area (Å²) in [6.07, 6.45) is 7.35. The minimum absolute atomic E-state index is 0.245. The number of dihydropyridines is 1. The summed E-state index contributed by atoms with van der Waals surface area (Å²) in [6.45, 7) is 8.82. The summed E-state index contributed by atoms with van der Waals surface area (Å²) in [4.78, 5) is 17.8. The van der Waals surface area contributed by atoms with E-state index in [1.165, 1.54) is 11.1 Å². The summed E-state index contributed by atoms with van der Waals surface area (Å²) in [7, 11) is 0. The lowest BCUT2D eigenvalue weighted by Gasteiger charge is -2.28. The number of allylic oxidation sites excluding steroid dienone is 1. The topological polar surface area (TPSA) is 67.9 Å². The summed E-state index contributed by atoms with van der Waals surface area (Å²) in [5, 5.41) is 0. The first-order valence-corrected chi connectivity index (χ1v) is 7.12. The molecule has 114 valence electrons. The van der Waals surface area contributed by atoms with Gasteiger partial charge in [-0.3, -0.25) is 9.89 Å². The van der Waals surface area contributed by atoms with Gasteiger partial charge in [0.05, 0.1) is 6.54 Å². The predicted molar refractivity (Wildman–Crippen MR) is 83.9 cm³/mol. The van der Waals surface area contributed by atoms with Crippen molar-refractivity contribution < 1.29 is 9.53 Å². The average molecular weight is 289 g/mol. The maximum Gasteiger partial charge on any atom is 0.414 e. The van der Waals surface area contributed by atoms with Crippen molar-refractivity contribution in [2.45, 2.75) is 33.3 Å². The molecule has 0 saturated carbocycles. The fourth-order valence-electron chi connectivity index (χ4n) is 2.31. The number of ether oxygens (including phenoxy) is 1. The molecule has 5 nitrogen and oxygen atoms in total. The molecule has 1 unspecified atom stereocenters. The third-order valence-corrected chi connectivity index (χ3v) is 3.38. The van der Waals surface area contributed by atoms with E-state index in [-0.39, 0.29) is 12.0 Å². The van der Waals surface area contributed by atoms with Crippen molar-refractivity contribution >= 4 is 11.9 Å². The number of hydrogen-bond acceptors (Lipinski definition) is 4. The van der Waals surface area contributed by atoms with E-state index in [0.29, 0.717) is 18.9 Å². The minimum atomic E-state index is -0.482. The summed E-state index contributed by atoms with van der Waals surface area (Å²) < 4.78 is 5.35. The molecule has 0 radical (unpaired) electrons. The van der Waals surface area contributed by atoms with Gasteiger partial charge in [0.1, 0.15) is 11.4 Å². The number of amides is 1. The fourth-order valence-corrected chi connectivity index (χ4v) is 2.31. The van der Waals surface area contributed by atoms with Gasteiger partial charge in [0.2, 0.25) is 0 Å². The average Bonchev–Trinajstić information content (AvgIpc) is 2.37. The van der Waals surface area contributed by atoms with Gasteiger partial charge < -0.3 is 10.5 Å². The number of carbonyl (C=O) groups is 1. The number of amidine groups is 1. The zero-order valence-corrected chi connectivity index (χ0v) is 13.1. The minimum Gasteiger partial charge on any atom is -0.443 e. The zero-order valence-electron chi connectivity index (χ0n) is 13.1. The first kappa shape index (κ1) is 15.4. The van der Waals surface area contributed by atoms with Crippen molar-refractivity contribution in [2.75, 3.05) is 13.1 Å². The molecule has 0 spiro atoms. The molecular formula is C16H23N3O2. The summed E-state index contributed by atoms with van der Waals surface area (Å²) in [5.74, 6) is 0.828. The summed E-state index contributed by atoms with van der Waals surface area (Å²) in [5.41, 5.74) is 7.59. The smallest absolute Gasteiger partial charge is 0.414 e. The van der Waals surface area contributed by atoms with E-state index in [4.69, 9.17) is 10.5 Å². The van der Waals surface area contributed by atoms with Crippen LogP contribution in [0.1, 0.15) is 27.7 Å². The van der Waals surface area contributed by atoms with Crippen molar-refractivity contribution in [1.82, 2.24) is 4.90 Å². The van der Waals surface area contributed by atoms with Crippen LogP contribution in [0.4, 0.5) is 4.79 Å². The van der Waals surface area contributed by atoms with Gasteiger partial charge in [0, 0.05) is 18.7 Å². The lowest BCUT2D eigenvalue weighted by molar-refractivity contribution is 0.0349. The van der Waals surface area contributed by atoms with Crippen molar-refractivity contribution in [3.05, 3.63) is 35.6 Å². The van der Waals surface area contributed by atoms with Gasteiger partial charge in [-0.05, 0) is 45.4 Å². The third kappa shape index (κ3) is 3.97. The highest BCUT2D eigenvalue weighted by molar-refractivity contribution is 5.92. The van der Waals surface area contributed by atoms with E-state index in [1.807, 2.05) is 39.0 Å². The van der Waals surface area contributed by atoms with Gasteiger partial charge in [-0.15, -0.1) is 0 Å². The Morgan fingerprint density at radius 1 is 1.48 bits per heavy atom. The van der Waals surface area contributed by atoms with Crippen LogP contribution in [-0.2, 0) is 4.74 Å². The molecule has 0 fully saturated rings. The Bertz CT molecular complexity index is 550. The van der Waals surface area contributed by atoms with E-state index in [0.717, 1.165) is 0 Å². The number of aliphatic imine (C=N–C) groups is 1. The molecule has 0 aromatic rings. The van der Waals surface area contributed by atoms with E-state index < -0.39 is 5.60 Å². The Morgan fingerprint density at radius 2 is 2.19 bits per heavy atom. The molecule has 5 heteroatoms. The van der Waals surface area contributed by atoms with Crippen molar-refractivity contribution in [3.63, 3.8) is 0 Å². The lowest BCUT2D eigenvalue weighted by Crippen LogP contribution is -2.35. The Morgan fingerprint density at radius 3 is 2.71 bits per heavy atom. The molecule has 0 saturated heterocycles. The largest absolute Gasteiger partial charge is 0.443 e. The number of carbonyl (C=O) groups excluding carboxylic acids is 1. The van der Waals surface area contributed by atoms with Crippen molar-refractivity contribution in [1.29, 1.82) is 0 Å². The molecular weight excluding hydrogens is 266 g/mol. The van der Waals surface area contributed by atoms with Crippen LogP contribution in [0.3, 0.4) is 0 Å². The van der Waals surface area contributed by atoms with Crippen LogP contribution in [0.25, 0.3) is 0 Å². The van der Waals surface area contributed by atoms with Gasteiger partial charge >= 0.3 is 6.09 Å². The molecule has 2 rings (SSSR count). The maximum atomic E-state index is 12.0. The van der Waals surface area contributed by atoms with Crippen LogP contribution in [0.15, 0.2) is 40.6 Å². The molecule has 0 aromatic carbocycles. The van der Waals surface area contributed by atoms with Crippen LogP contribution < -0.4 is 5.73 Å². The second-order valence-electron chi connectivity index (χ2n) is 6.36. The SMILES string of the molecule is CC1=CC(N)=NCC1C1=CCN(C(=O)OC(C)(C)C)C=C1. The predicted octanol–water partition coefficient (Wildman–Crippen LogP) is 2.61. The highest BCUT2D eigenvalue weighted by atomic mass is 16.6. The zero-order chi connectivity index (χ0) is 15.6. The number of nitrogens with two attached hydrogens (primary N) is 1. The first-order valence-electron chi connectivity index (χ1n) is 7.12. The molecule has 1 atom stereocenters. The fraction of sp³-hybridized carbons (Fsp3) is 0.500. The van der Waals surface area contributed by atoms with E-state index >= 15 is 0 Å². The summed E-state index contributed by atoms with van der Waals surface area (Å²) >= 11 is 0. The second kappa shape index (κ2) is 5.76. The quantitative estimate of drug-likeness (QED) is 0.806. The lowest BCUT2D eigenvalue weighted by atomic mass is 9.88. The van der Waals surface area contributed by atoms with E-state index in [2.05, 4.69) is 11.9 Å². The highest BCUT2D eigenvalue weighted by Gasteiger charge is 2.24. The number of rotatable bonds is 1. The molecule has 2 N–H and O–H groups in total. The number of hydrogen-bond donors (Lipinski definition) is 1. The third-order valence-electron chi connectivity index (χ3n) is 3.38. The van der Waals surface area contributed by atoms with Crippen LogP contribution in [0, 0.1) is 5.92 Å². The molecule has 0 aromatic heterocycles. The Hall–Kier alpha value is -2.04. The molecule has 0 aliphatic carbocycles. The van der Waals surface area contributed by atoms with Gasteiger partial charge in [0.15, 0.2) is 0 Å². The normalized spacial score (nSPS) is 22.4. The second-order valence-corrected chi connectivity index (χ2v) is 6.36. The Balaban J connectivity index is 1.99. The first-order chi connectivity index (χ1) is 9.76. The highest BCUT2D eigenvalue weighted by Crippen LogP contribution is 2.26. The van der Waals surface area contributed by atoms with Gasteiger partial charge in [-0.25, -0.2) is 4.79 Å². The molecule has 21 heavy (non-hydrogen) atoms. The standard InChI is InChI=1S/C16H23N3O2/c1-11-9-14(17)18-10-13(11)12-5-7-19(8-6-12)15(20)21-16(2,3)4/h5-7,9,13H,8,10H2,1-4H3,(H2,17,18). The van der Waals surface area contributed by atoms with Gasteiger partial charge in [-0.1, -0.05) is 11.6 Å². The van der Waals surface area contributed by atoms with Crippen LogP contribution in [0.2, 0.25) is 0 Å². The molecule has 0 bridgehead atoms. The van der Waals surface area contributed by atoms with Crippen LogP contribution in [0.5, 0.6) is 0 Å². The van der Waals surface area contributed by atoms with E-state index in [9.17, 15) is 4.79 Å². The molecule has 2 heterocycles. The monoisotopic (exact) mass is 289 g/mol. The number of nitrogens with zero attached hydrogens (tertiary/aromatic N) is 2. The summed E-state index contributed by atoms with van der Waals surface area (Å²) in [6, 6.07) is 0. The Labute approximate surface area is 125 Å².